The van der Waals surface area contributed by atoms with Gasteiger partial charge >= 0.3 is 0 Å². The highest BCUT2D eigenvalue weighted by Gasteiger charge is 2.10. The number of ether oxygens (including phenoxy) is 1. The van der Waals surface area contributed by atoms with Gasteiger partial charge in [0.05, 0.1) is 4.92 Å². The Hall–Kier alpha value is -1.88. The zero-order valence-electron chi connectivity index (χ0n) is 9.97. The second-order valence-electron chi connectivity index (χ2n) is 3.85. The molecule has 0 saturated carbocycles. The summed E-state index contributed by atoms with van der Waals surface area (Å²) < 4.78 is 5.49. The molecule has 1 rings (SSSR count). The van der Waals surface area contributed by atoms with Crippen molar-refractivity contribution in [2.45, 2.75) is 20.4 Å². The van der Waals surface area contributed by atoms with E-state index in [-0.39, 0.29) is 12.2 Å². The van der Waals surface area contributed by atoms with E-state index in [0.29, 0.717) is 17.9 Å². The second-order valence-corrected chi connectivity index (χ2v) is 3.85. The Kier molecular flexibility index (Phi) is 4.66. The molecule has 0 saturated heterocycles. The molecule has 2 N–H and O–H groups in total. The molecule has 0 heterocycles. The summed E-state index contributed by atoms with van der Waals surface area (Å²) >= 11 is 0. The maximum atomic E-state index is 10.6. The molecule has 0 aliphatic heterocycles. The van der Waals surface area contributed by atoms with Crippen LogP contribution in [0.2, 0.25) is 0 Å². The normalized spacial score (nSPS) is 9.82. The van der Waals surface area contributed by atoms with Crippen LogP contribution in [-0.2, 0) is 6.54 Å². The van der Waals surface area contributed by atoms with Crippen LogP contribution in [0, 0.1) is 10.1 Å². The van der Waals surface area contributed by atoms with Crippen molar-refractivity contribution in [3.63, 3.8) is 0 Å². The predicted molar refractivity (Wildman–Crippen MR) is 65.9 cm³/mol. The van der Waals surface area contributed by atoms with E-state index in [4.69, 9.17) is 10.5 Å². The summed E-state index contributed by atoms with van der Waals surface area (Å²) in [5, 5.41) is 10.6. The van der Waals surface area contributed by atoms with Crippen LogP contribution in [-0.4, -0.2) is 11.5 Å². The Morgan fingerprint density at radius 2 is 2.24 bits per heavy atom. The van der Waals surface area contributed by atoms with Crippen molar-refractivity contribution < 1.29 is 9.66 Å². The summed E-state index contributed by atoms with van der Waals surface area (Å²) in [6.45, 7) is 4.60. The highest BCUT2D eigenvalue weighted by molar-refractivity contribution is 5.43. The van der Waals surface area contributed by atoms with Crippen molar-refractivity contribution >= 4 is 5.69 Å². The van der Waals surface area contributed by atoms with Gasteiger partial charge in [0, 0.05) is 24.2 Å². The fraction of sp³-hybridized carbons (Fsp3) is 0.333. The third kappa shape index (κ3) is 3.88. The molecule has 0 radical (unpaired) electrons. The van der Waals surface area contributed by atoms with Crippen molar-refractivity contribution in [2.75, 3.05) is 6.61 Å². The van der Waals surface area contributed by atoms with Gasteiger partial charge in [0.1, 0.15) is 12.4 Å². The monoisotopic (exact) mass is 236 g/mol. The molecule has 0 aliphatic carbocycles. The van der Waals surface area contributed by atoms with Crippen LogP contribution < -0.4 is 10.5 Å². The molecule has 0 fully saturated rings. The van der Waals surface area contributed by atoms with Crippen LogP contribution in [0.15, 0.2) is 29.8 Å². The van der Waals surface area contributed by atoms with Gasteiger partial charge in [-0.1, -0.05) is 5.57 Å². The minimum absolute atomic E-state index is 0.0278. The highest BCUT2D eigenvalue weighted by atomic mass is 16.6. The first-order valence-corrected chi connectivity index (χ1v) is 5.28. The molecule has 0 bridgehead atoms. The summed E-state index contributed by atoms with van der Waals surface area (Å²) in [6.07, 6.45) is 1.93. The predicted octanol–water partition coefficient (Wildman–Crippen LogP) is 2.40. The smallest absolute Gasteiger partial charge is 0.270 e. The third-order valence-electron chi connectivity index (χ3n) is 2.21. The molecule has 17 heavy (non-hydrogen) atoms. The number of nitrogens with zero attached hydrogens (tertiary/aromatic N) is 1. The molecule has 5 heteroatoms. The largest absolute Gasteiger partial charge is 0.489 e. The second kappa shape index (κ2) is 6.00. The maximum absolute atomic E-state index is 10.6. The molecule has 1 aromatic carbocycles. The van der Waals surface area contributed by atoms with Gasteiger partial charge in [-0.3, -0.25) is 10.1 Å². The van der Waals surface area contributed by atoms with E-state index in [2.05, 4.69) is 0 Å². The molecule has 1 aromatic rings. The molecule has 0 aromatic heterocycles. The molecule has 92 valence electrons. The first-order chi connectivity index (χ1) is 8.04. The number of benzene rings is 1. The van der Waals surface area contributed by atoms with E-state index in [9.17, 15) is 10.1 Å². The summed E-state index contributed by atoms with van der Waals surface area (Å²) in [4.78, 5) is 10.2. The number of nitro benzene ring substituents is 1. The van der Waals surface area contributed by atoms with Crippen LogP contribution in [0.1, 0.15) is 19.4 Å². The lowest BCUT2D eigenvalue weighted by molar-refractivity contribution is -0.384. The minimum atomic E-state index is -0.445. The fourth-order valence-electron chi connectivity index (χ4n) is 1.28. The Morgan fingerprint density at radius 1 is 1.53 bits per heavy atom. The number of allylic oxidation sites excluding steroid dienone is 1. The van der Waals surface area contributed by atoms with Crippen molar-refractivity contribution in [1.82, 2.24) is 0 Å². The van der Waals surface area contributed by atoms with E-state index in [1.807, 2.05) is 19.9 Å². The van der Waals surface area contributed by atoms with Crippen LogP contribution in [0.25, 0.3) is 0 Å². The summed E-state index contributed by atoms with van der Waals surface area (Å²) in [6, 6.07) is 4.44. The van der Waals surface area contributed by atoms with Crippen LogP contribution >= 0.6 is 0 Å². The summed E-state index contributed by atoms with van der Waals surface area (Å²) in [5.41, 5.74) is 7.36. The van der Waals surface area contributed by atoms with Crippen molar-refractivity contribution in [3.8, 4) is 5.75 Å². The van der Waals surface area contributed by atoms with Crippen molar-refractivity contribution in [1.29, 1.82) is 0 Å². The zero-order chi connectivity index (χ0) is 12.8. The molecule has 0 atom stereocenters. The zero-order valence-corrected chi connectivity index (χ0v) is 9.97. The average molecular weight is 236 g/mol. The number of non-ortho nitro benzene ring substituents is 1. The molecule has 5 nitrogen and oxygen atoms in total. The number of nitrogens with two attached hydrogens (primary N) is 1. The maximum Gasteiger partial charge on any atom is 0.270 e. The Morgan fingerprint density at radius 3 is 2.76 bits per heavy atom. The van der Waals surface area contributed by atoms with Gasteiger partial charge in [0.2, 0.25) is 0 Å². The molecule has 0 spiro atoms. The van der Waals surface area contributed by atoms with Gasteiger partial charge in [-0.15, -0.1) is 0 Å². The van der Waals surface area contributed by atoms with E-state index in [0.717, 1.165) is 5.57 Å². The number of nitro groups is 1. The fourth-order valence-corrected chi connectivity index (χ4v) is 1.28. The topological polar surface area (TPSA) is 78.4 Å². The minimum Gasteiger partial charge on any atom is -0.489 e. The molecule has 0 unspecified atom stereocenters. The Bertz CT molecular complexity index is 437. The number of rotatable bonds is 5. The van der Waals surface area contributed by atoms with Gasteiger partial charge < -0.3 is 10.5 Å². The first-order valence-electron chi connectivity index (χ1n) is 5.28. The highest BCUT2D eigenvalue weighted by Crippen LogP contribution is 2.23. The van der Waals surface area contributed by atoms with Crippen LogP contribution in [0.3, 0.4) is 0 Å². The Labute approximate surface area is 100 Å². The van der Waals surface area contributed by atoms with Gasteiger partial charge in [-0.25, -0.2) is 0 Å². The van der Waals surface area contributed by atoms with Crippen molar-refractivity contribution in [2.24, 2.45) is 5.73 Å². The third-order valence-corrected chi connectivity index (χ3v) is 2.21. The molecule has 0 aliphatic rings. The summed E-state index contributed by atoms with van der Waals surface area (Å²) in [7, 11) is 0. The number of hydrogen-bond donors (Lipinski definition) is 1. The number of hydrogen-bond acceptors (Lipinski definition) is 4. The van der Waals surface area contributed by atoms with E-state index in [1.54, 1.807) is 6.07 Å². The Balaban J connectivity index is 2.85. The standard InChI is InChI=1S/C12H16N2O3/c1-9(2)5-6-17-12-4-3-11(14(15)16)7-10(12)8-13/h3-5,7H,6,8,13H2,1-2H3. The lowest BCUT2D eigenvalue weighted by Gasteiger charge is -2.08. The van der Waals surface area contributed by atoms with Crippen LogP contribution in [0.4, 0.5) is 5.69 Å². The van der Waals surface area contributed by atoms with Gasteiger partial charge in [-0.2, -0.15) is 0 Å². The lowest BCUT2D eigenvalue weighted by atomic mass is 10.2. The van der Waals surface area contributed by atoms with E-state index < -0.39 is 4.92 Å². The first kappa shape index (κ1) is 13.2. The van der Waals surface area contributed by atoms with Gasteiger partial charge in [-0.05, 0) is 26.0 Å². The lowest BCUT2D eigenvalue weighted by Crippen LogP contribution is -2.03. The molecule has 0 amide bonds. The SMILES string of the molecule is CC(C)=CCOc1ccc([N+](=O)[O-])cc1CN. The van der Waals surface area contributed by atoms with Gasteiger partial charge in [0.15, 0.2) is 0 Å². The molecular weight excluding hydrogens is 220 g/mol. The molecular formula is C12H16N2O3. The summed E-state index contributed by atoms with van der Waals surface area (Å²) in [5.74, 6) is 0.593. The quantitative estimate of drug-likeness (QED) is 0.483. The average Bonchev–Trinajstić information content (AvgIpc) is 2.28. The van der Waals surface area contributed by atoms with E-state index >= 15 is 0 Å². The van der Waals surface area contributed by atoms with Crippen LogP contribution in [0.5, 0.6) is 5.75 Å². The van der Waals surface area contributed by atoms with E-state index in [1.165, 1.54) is 12.1 Å². The van der Waals surface area contributed by atoms with Gasteiger partial charge in [0.25, 0.3) is 5.69 Å². The van der Waals surface area contributed by atoms with Crippen molar-refractivity contribution in [3.05, 3.63) is 45.5 Å².